The van der Waals surface area contributed by atoms with E-state index in [0.29, 0.717) is 6.42 Å². The van der Waals surface area contributed by atoms with Gasteiger partial charge < -0.3 is 14.3 Å². The Bertz CT molecular complexity index is 1070. The molecule has 40 heavy (non-hydrogen) atoms. The lowest BCUT2D eigenvalue weighted by atomic mass is 9.73. The van der Waals surface area contributed by atoms with Crippen molar-refractivity contribution in [1.29, 1.82) is 0 Å². The van der Waals surface area contributed by atoms with Gasteiger partial charge in [0.15, 0.2) is 8.32 Å². The van der Waals surface area contributed by atoms with Gasteiger partial charge in [0.05, 0.1) is 29.3 Å². The fraction of sp³-hybridized carbons (Fsp3) is 0.719. The molecule has 2 heterocycles. The highest BCUT2D eigenvalue weighted by Crippen LogP contribution is 2.42. The van der Waals surface area contributed by atoms with Gasteiger partial charge in [-0.25, -0.2) is 4.98 Å². The fourth-order valence-corrected chi connectivity index (χ4v) is 6.91. The van der Waals surface area contributed by atoms with Gasteiger partial charge in [-0.1, -0.05) is 60.6 Å². The normalized spacial score (nSPS) is 29.2. The Labute approximate surface area is 247 Å². The number of rotatable bonds is 4. The number of hydrogen-bond acceptors (Lipinski definition) is 7. The summed E-state index contributed by atoms with van der Waals surface area (Å²) in [6, 6.07) is 0. The van der Waals surface area contributed by atoms with Crippen LogP contribution in [0.3, 0.4) is 0 Å². The van der Waals surface area contributed by atoms with Gasteiger partial charge in [-0.2, -0.15) is 0 Å². The van der Waals surface area contributed by atoms with Crippen LogP contribution in [0.25, 0.3) is 6.08 Å². The van der Waals surface area contributed by atoms with Gasteiger partial charge in [0.1, 0.15) is 11.9 Å². The third-order valence-electron chi connectivity index (χ3n) is 8.88. The molecule has 2 rings (SSSR count). The average molecular weight is 592 g/mol. The van der Waals surface area contributed by atoms with E-state index in [0.717, 1.165) is 35.5 Å². The Kier molecular flexibility index (Phi) is 12.1. The van der Waals surface area contributed by atoms with Gasteiger partial charge >= 0.3 is 5.97 Å². The zero-order chi connectivity index (χ0) is 30.5. The Hall–Kier alpha value is -1.61. The van der Waals surface area contributed by atoms with Crippen molar-refractivity contribution in [2.75, 3.05) is 0 Å². The molecule has 0 saturated heterocycles. The summed E-state index contributed by atoms with van der Waals surface area (Å²) >= 11 is 1.59. The molecule has 0 unspecified atom stereocenters. The number of hydrogen-bond donors (Lipinski definition) is 1. The number of ketones is 1. The number of thiazole rings is 1. The maximum atomic E-state index is 13.9. The van der Waals surface area contributed by atoms with Crippen molar-refractivity contribution in [1.82, 2.24) is 4.98 Å². The van der Waals surface area contributed by atoms with E-state index in [1.807, 2.05) is 46.1 Å². The highest BCUT2D eigenvalue weighted by Gasteiger charge is 2.48. The standard InChI is InChI=1S/C32H53NO5SSi/c1-21-16-14-12-13-15-17-26(22(2)18-25-20-39-24(4)33-25)37-28(34)19-27(38-40(10,11)31(5,6)7)32(8,9)30(36)23(3)29(21)35/h13,15,18,20-21,23,26-27,29,35H,12,14,16-17,19H2,1-11H3/b15-13-,22-18+/t21-,23-,26-,27-,29+/m0/s1. The molecule has 0 spiro atoms. The number of nitrogens with zero attached hydrogens (tertiary/aromatic N) is 1. The Balaban J connectivity index is 2.49. The van der Waals surface area contributed by atoms with Crippen molar-refractivity contribution in [2.24, 2.45) is 17.3 Å². The minimum absolute atomic E-state index is 0.0136. The van der Waals surface area contributed by atoms with E-state index in [9.17, 15) is 14.7 Å². The summed E-state index contributed by atoms with van der Waals surface area (Å²) in [6.45, 7) is 22.2. The Morgan fingerprint density at radius 3 is 2.45 bits per heavy atom. The number of cyclic esters (lactones) is 1. The maximum absolute atomic E-state index is 13.9. The molecule has 0 aromatic carbocycles. The van der Waals surface area contributed by atoms with Crippen LogP contribution >= 0.6 is 11.3 Å². The van der Waals surface area contributed by atoms with Crippen LogP contribution in [0.5, 0.6) is 0 Å². The number of aliphatic hydroxyl groups is 1. The topological polar surface area (TPSA) is 85.7 Å². The molecule has 0 amide bonds. The highest BCUT2D eigenvalue weighted by molar-refractivity contribution is 7.09. The summed E-state index contributed by atoms with van der Waals surface area (Å²) < 4.78 is 12.9. The minimum Gasteiger partial charge on any atom is -0.457 e. The van der Waals surface area contributed by atoms with Crippen LogP contribution in [0.2, 0.25) is 18.1 Å². The molecule has 0 fully saturated rings. The minimum atomic E-state index is -2.36. The molecule has 0 aliphatic carbocycles. The predicted octanol–water partition coefficient (Wildman–Crippen LogP) is 7.91. The Morgan fingerprint density at radius 1 is 1.23 bits per heavy atom. The quantitative estimate of drug-likeness (QED) is 0.218. The summed E-state index contributed by atoms with van der Waals surface area (Å²) in [5.41, 5.74) is 0.788. The smallest absolute Gasteiger partial charge is 0.309 e. The van der Waals surface area contributed by atoms with E-state index in [1.54, 1.807) is 18.3 Å². The third-order valence-corrected chi connectivity index (χ3v) is 14.2. The van der Waals surface area contributed by atoms with E-state index in [2.05, 4.69) is 51.0 Å². The molecule has 1 N–H and O–H groups in total. The zero-order valence-corrected chi connectivity index (χ0v) is 28.5. The molecule has 0 radical (unpaired) electrons. The van der Waals surface area contributed by atoms with Crippen molar-refractivity contribution in [3.63, 3.8) is 0 Å². The van der Waals surface area contributed by atoms with Crippen LogP contribution in [0, 0.1) is 24.2 Å². The molecule has 1 aliphatic rings. The number of ether oxygens (including phenoxy) is 1. The van der Waals surface area contributed by atoms with Crippen LogP contribution in [0.1, 0.15) is 98.2 Å². The van der Waals surface area contributed by atoms with Crippen LogP contribution in [-0.4, -0.2) is 48.5 Å². The summed E-state index contributed by atoms with van der Waals surface area (Å²) in [7, 11) is -2.36. The number of allylic oxidation sites excluding steroid dienone is 1. The monoisotopic (exact) mass is 591 g/mol. The number of carbonyl (C=O) groups excluding carboxylic acids is 2. The van der Waals surface area contributed by atoms with Crippen LogP contribution in [0.4, 0.5) is 0 Å². The summed E-state index contributed by atoms with van der Waals surface area (Å²) in [5, 5.41) is 14.0. The summed E-state index contributed by atoms with van der Waals surface area (Å²) in [5.74, 6) is -1.06. The number of Topliss-reactive ketones (excluding diaryl/α,β-unsaturated/α-hetero) is 1. The number of aryl methyl sites for hydroxylation is 1. The molecule has 0 saturated carbocycles. The molecule has 226 valence electrons. The van der Waals surface area contributed by atoms with E-state index >= 15 is 0 Å². The van der Waals surface area contributed by atoms with Gasteiger partial charge in [-0.15, -0.1) is 11.3 Å². The second-order valence-electron chi connectivity index (χ2n) is 13.7. The summed E-state index contributed by atoms with van der Waals surface area (Å²) in [6.07, 6.45) is 7.43. The van der Waals surface area contributed by atoms with Gasteiger partial charge in [0, 0.05) is 23.1 Å². The van der Waals surface area contributed by atoms with Gasteiger partial charge in [-0.05, 0) is 68.8 Å². The van der Waals surface area contributed by atoms with E-state index < -0.39 is 38.0 Å². The fourth-order valence-electron chi connectivity index (χ4n) is 4.89. The first kappa shape index (κ1) is 34.6. The van der Waals surface area contributed by atoms with Gasteiger partial charge in [0.2, 0.25) is 0 Å². The predicted molar refractivity (Wildman–Crippen MR) is 168 cm³/mol. The van der Waals surface area contributed by atoms with Crippen LogP contribution in [0.15, 0.2) is 23.1 Å². The van der Waals surface area contributed by atoms with Crippen LogP contribution < -0.4 is 0 Å². The summed E-state index contributed by atoms with van der Waals surface area (Å²) in [4.78, 5) is 32.1. The molecule has 5 atom stereocenters. The van der Waals surface area contributed by atoms with Gasteiger partial charge in [-0.3, -0.25) is 9.59 Å². The molecule has 8 heteroatoms. The molecular weight excluding hydrogens is 539 g/mol. The van der Waals surface area contributed by atoms with E-state index in [4.69, 9.17) is 9.16 Å². The second-order valence-corrected chi connectivity index (χ2v) is 19.5. The number of esters is 1. The average Bonchev–Trinajstić information content (AvgIpc) is 3.25. The molecule has 1 aromatic heterocycles. The lowest BCUT2D eigenvalue weighted by Gasteiger charge is -2.44. The maximum Gasteiger partial charge on any atom is 0.309 e. The van der Waals surface area contributed by atoms with Crippen molar-refractivity contribution in [2.45, 2.75) is 131 Å². The Morgan fingerprint density at radius 2 is 1.88 bits per heavy atom. The molecule has 0 bridgehead atoms. The van der Waals surface area contributed by atoms with Crippen molar-refractivity contribution in [3.8, 4) is 0 Å². The highest BCUT2D eigenvalue weighted by atomic mass is 32.1. The number of aromatic nitrogens is 1. The number of carbonyl (C=O) groups is 2. The first-order valence-corrected chi connectivity index (χ1v) is 18.5. The second kappa shape index (κ2) is 14.0. The lowest BCUT2D eigenvalue weighted by molar-refractivity contribution is -0.153. The lowest BCUT2D eigenvalue weighted by Crippen LogP contribution is -2.52. The van der Waals surface area contributed by atoms with Crippen molar-refractivity contribution >= 4 is 37.5 Å². The third kappa shape index (κ3) is 9.20. The van der Waals surface area contributed by atoms with Gasteiger partial charge in [0.25, 0.3) is 0 Å². The number of aliphatic hydroxyl groups excluding tert-OH is 1. The van der Waals surface area contributed by atoms with E-state index in [-0.39, 0.29) is 29.1 Å². The largest absolute Gasteiger partial charge is 0.457 e. The molecular formula is C32H53NO5SSi. The first-order valence-electron chi connectivity index (χ1n) is 14.7. The molecule has 6 nitrogen and oxygen atoms in total. The van der Waals surface area contributed by atoms with E-state index in [1.165, 1.54) is 0 Å². The van der Waals surface area contributed by atoms with Crippen LogP contribution in [-0.2, 0) is 18.8 Å². The molecule has 1 aliphatic heterocycles. The molecule has 1 aromatic rings. The SMILES string of the molecule is C/C(=C\c1csc(C)n1)[C@@H]1C/C=C\CCC[C@H](C)[C@@H](O)[C@H](C)C(=O)C(C)(C)[C@@H](O[Si](C)(C)C(C)(C)C)CC(=O)O1. The van der Waals surface area contributed by atoms with Crippen molar-refractivity contribution in [3.05, 3.63) is 33.8 Å². The van der Waals surface area contributed by atoms with Crippen molar-refractivity contribution < 1.29 is 23.9 Å². The first-order chi connectivity index (χ1) is 18.4. The zero-order valence-electron chi connectivity index (χ0n) is 26.7.